The summed E-state index contributed by atoms with van der Waals surface area (Å²) in [5.74, 6) is 0.941. The molecule has 5 heteroatoms. The molecule has 1 heterocycles. The molecule has 0 saturated heterocycles. The van der Waals surface area contributed by atoms with E-state index in [9.17, 15) is 5.11 Å². The highest BCUT2D eigenvalue weighted by Crippen LogP contribution is 2.24. The molecule has 1 aromatic heterocycles. The number of benzene rings is 1. The number of nitrogens with zero attached hydrogens (tertiary/aromatic N) is 2. The van der Waals surface area contributed by atoms with Crippen molar-refractivity contribution in [2.45, 2.75) is 32.7 Å². The maximum absolute atomic E-state index is 9.38. The van der Waals surface area contributed by atoms with Crippen LogP contribution in [-0.2, 0) is 0 Å². The molecule has 0 fully saturated rings. The molecule has 0 aliphatic carbocycles. The van der Waals surface area contributed by atoms with Gasteiger partial charge in [0.1, 0.15) is 5.82 Å². The van der Waals surface area contributed by atoms with Gasteiger partial charge in [0.25, 0.3) is 0 Å². The molecule has 0 aliphatic heterocycles. The van der Waals surface area contributed by atoms with Crippen LogP contribution in [0, 0.1) is 6.92 Å². The van der Waals surface area contributed by atoms with E-state index in [2.05, 4.69) is 22.2 Å². The molecule has 2 rings (SSSR count). The highest BCUT2D eigenvalue weighted by Gasteiger charge is 2.12. The van der Waals surface area contributed by atoms with Crippen LogP contribution in [0.1, 0.15) is 25.3 Å². The van der Waals surface area contributed by atoms with E-state index in [0.29, 0.717) is 5.82 Å². The van der Waals surface area contributed by atoms with Crippen molar-refractivity contribution in [2.24, 2.45) is 0 Å². The second kappa shape index (κ2) is 5.84. The Kier molecular flexibility index (Phi) is 4.16. The summed E-state index contributed by atoms with van der Waals surface area (Å²) < 4.78 is 0. The van der Waals surface area contributed by atoms with Crippen molar-refractivity contribution >= 4 is 22.7 Å². The third-order valence-electron chi connectivity index (χ3n) is 3.14. The lowest BCUT2D eigenvalue weighted by Crippen LogP contribution is -2.24. The van der Waals surface area contributed by atoms with Crippen molar-refractivity contribution in [3.05, 3.63) is 23.8 Å². The molecule has 0 aliphatic rings. The normalized spacial score (nSPS) is 12.6. The molecule has 0 saturated carbocycles. The number of aromatic nitrogens is 2. The van der Waals surface area contributed by atoms with E-state index in [4.69, 9.17) is 5.73 Å². The van der Waals surface area contributed by atoms with Crippen molar-refractivity contribution < 1.29 is 5.11 Å². The van der Waals surface area contributed by atoms with Crippen molar-refractivity contribution in [1.82, 2.24) is 9.97 Å². The highest BCUT2D eigenvalue weighted by atomic mass is 16.3. The molecule has 102 valence electrons. The number of hydrogen-bond donors (Lipinski definition) is 3. The molecule has 4 N–H and O–H groups in total. The molecule has 0 amide bonds. The number of aryl methyl sites for hydroxylation is 1. The first kappa shape index (κ1) is 13.5. The molecule has 0 bridgehead atoms. The zero-order valence-electron chi connectivity index (χ0n) is 11.3. The van der Waals surface area contributed by atoms with Gasteiger partial charge in [0.15, 0.2) is 0 Å². The van der Waals surface area contributed by atoms with Crippen LogP contribution in [0.4, 0.5) is 11.8 Å². The average Bonchev–Trinajstić information content (AvgIpc) is 2.39. The Bertz CT molecular complexity index is 571. The Morgan fingerprint density at radius 2 is 2.16 bits per heavy atom. The van der Waals surface area contributed by atoms with E-state index in [1.165, 1.54) is 0 Å². The minimum absolute atomic E-state index is 0.0111. The van der Waals surface area contributed by atoms with Gasteiger partial charge in [-0.1, -0.05) is 25.5 Å². The second-order valence-electron chi connectivity index (χ2n) is 4.71. The lowest BCUT2D eigenvalue weighted by Gasteiger charge is -2.17. The SMILES string of the molecule is CCC[C@@H](CO)Nc1nc(N)nc2c(C)cccc12. The fourth-order valence-electron chi connectivity index (χ4n) is 2.17. The van der Waals surface area contributed by atoms with Gasteiger partial charge in [0.2, 0.25) is 5.95 Å². The Morgan fingerprint density at radius 3 is 2.84 bits per heavy atom. The number of aliphatic hydroxyl groups excluding tert-OH is 1. The van der Waals surface area contributed by atoms with E-state index in [1.807, 2.05) is 25.1 Å². The van der Waals surface area contributed by atoms with Gasteiger partial charge in [-0.2, -0.15) is 4.98 Å². The molecule has 1 aromatic carbocycles. The minimum atomic E-state index is -0.0111. The molecule has 5 nitrogen and oxygen atoms in total. The molecule has 0 spiro atoms. The number of nitrogens with two attached hydrogens (primary N) is 1. The number of nitrogen functional groups attached to an aromatic ring is 1. The zero-order valence-corrected chi connectivity index (χ0v) is 11.3. The van der Waals surface area contributed by atoms with Gasteiger partial charge in [-0.05, 0) is 25.0 Å². The van der Waals surface area contributed by atoms with Gasteiger partial charge in [-0.15, -0.1) is 0 Å². The molecule has 1 atom stereocenters. The van der Waals surface area contributed by atoms with E-state index >= 15 is 0 Å². The predicted molar refractivity (Wildman–Crippen MR) is 78.1 cm³/mol. The van der Waals surface area contributed by atoms with Crippen LogP contribution in [-0.4, -0.2) is 27.7 Å². The summed E-state index contributed by atoms with van der Waals surface area (Å²) in [6.45, 7) is 4.15. The third-order valence-corrected chi connectivity index (χ3v) is 3.14. The largest absolute Gasteiger partial charge is 0.394 e. The van der Waals surface area contributed by atoms with Crippen LogP contribution in [0.5, 0.6) is 0 Å². The van der Waals surface area contributed by atoms with Gasteiger partial charge in [0, 0.05) is 5.39 Å². The molecular weight excluding hydrogens is 240 g/mol. The van der Waals surface area contributed by atoms with Crippen molar-refractivity contribution in [3.63, 3.8) is 0 Å². The van der Waals surface area contributed by atoms with E-state index < -0.39 is 0 Å². The molecular formula is C14H20N4O. The van der Waals surface area contributed by atoms with Crippen LogP contribution in [0.25, 0.3) is 10.9 Å². The molecule has 2 aromatic rings. The van der Waals surface area contributed by atoms with Crippen molar-refractivity contribution in [3.8, 4) is 0 Å². The number of para-hydroxylation sites is 1. The number of nitrogens with one attached hydrogen (secondary N) is 1. The van der Waals surface area contributed by atoms with Crippen LogP contribution >= 0.6 is 0 Å². The van der Waals surface area contributed by atoms with Crippen molar-refractivity contribution in [1.29, 1.82) is 0 Å². The summed E-state index contributed by atoms with van der Waals surface area (Å²) in [7, 11) is 0. The molecule has 0 radical (unpaired) electrons. The Hall–Kier alpha value is -1.88. The van der Waals surface area contributed by atoms with E-state index in [-0.39, 0.29) is 18.6 Å². The Labute approximate surface area is 112 Å². The van der Waals surface area contributed by atoms with Gasteiger partial charge in [-0.25, -0.2) is 4.98 Å². The maximum atomic E-state index is 9.38. The summed E-state index contributed by atoms with van der Waals surface area (Å²) >= 11 is 0. The lowest BCUT2D eigenvalue weighted by atomic mass is 10.1. The number of fused-ring (bicyclic) bond motifs is 1. The fraction of sp³-hybridized carbons (Fsp3) is 0.429. The first-order valence-electron chi connectivity index (χ1n) is 6.56. The fourth-order valence-corrected chi connectivity index (χ4v) is 2.17. The van der Waals surface area contributed by atoms with Crippen molar-refractivity contribution in [2.75, 3.05) is 17.7 Å². The number of rotatable bonds is 5. The number of aliphatic hydroxyl groups is 1. The number of hydrogen-bond acceptors (Lipinski definition) is 5. The van der Waals surface area contributed by atoms with E-state index in [1.54, 1.807) is 0 Å². The van der Waals surface area contributed by atoms with Gasteiger partial charge in [0.05, 0.1) is 18.2 Å². The lowest BCUT2D eigenvalue weighted by molar-refractivity contribution is 0.268. The predicted octanol–water partition coefficient (Wildman–Crippen LogP) is 2.09. The van der Waals surface area contributed by atoms with Crippen LogP contribution in [0.2, 0.25) is 0 Å². The van der Waals surface area contributed by atoms with Gasteiger partial charge >= 0.3 is 0 Å². The van der Waals surface area contributed by atoms with Gasteiger partial charge < -0.3 is 16.2 Å². The summed E-state index contributed by atoms with van der Waals surface area (Å²) in [4.78, 5) is 8.54. The summed E-state index contributed by atoms with van der Waals surface area (Å²) in [6, 6.07) is 5.91. The number of anilines is 2. The monoisotopic (exact) mass is 260 g/mol. The topological polar surface area (TPSA) is 84.1 Å². The smallest absolute Gasteiger partial charge is 0.222 e. The Balaban J connectivity index is 2.44. The second-order valence-corrected chi connectivity index (χ2v) is 4.71. The Morgan fingerprint density at radius 1 is 1.37 bits per heavy atom. The minimum Gasteiger partial charge on any atom is -0.394 e. The maximum Gasteiger partial charge on any atom is 0.222 e. The molecule has 0 unspecified atom stereocenters. The van der Waals surface area contributed by atoms with E-state index in [0.717, 1.165) is 29.3 Å². The third kappa shape index (κ3) is 2.93. The van der Waals surface area contributed by atoms with Gasteiger partial charge in [-0.3, -0.25) is 0 Å². The first-order chi connectivity index (χ1) is 9.15. The standard InChI is InChI=1S/C14H20N4O/c1-3-5-10(8-19)16-13-11-7-4-6-9(2)12(11)17-14(15)18-13/h4,6-7,10,19H,3,5,8H2,1-2H3,(H3,15,16,17,18)/t10-/m0/s1. The quantitative estimate of drug-likeness (QED) is 0.766. The summed E-state index contributed by atoms with van der Waals surface area (Å²) in [6.07, 6.45) is 1.88. The zero-order chi connectivity index (χ0) is 13.8. The van der Waals surface area contributed by atoms with Crippen LogP contribution in [0.3, 0.4) is 0 Å². The summed E-state index contributed by atoms with van der Waals surface area (Å²) in [5, 5.41) is 13.6. The average molecular weight is 260 g/mol. The summed E-state index contributed by atoms with van der Waals surface area (Å²) in [5.41, 5.74) is 7.67. The first-order valence-corrected chi connectivity index (χ1v) is 6.56. The van der Waals surface area contributed by atoms with Crippen LogP contribution in [0.15, 0.2) is 18.2 Å². The van der Waals surface area contributed by atoms with Crippen LogP contribution < -0.4 is 11.1 Å². The molecule has 19 heavy (non-hydrogen) atoms. The highest BCUT2D eigenvalue weighted by molar-refractivity contribution is 5.92.